The monoisotopic (exact) mass is 589 g/mol. The third-order valence-corrected chi connectivity index (χ3v) is 10.3. The normalized spacial score (nSPS) is 19.1. The Morgan fingerprint density at radius 3 is 2.36 bits per heavy atom. The van der Waals surface area contributed by atoms with Gasteiger partial charge in [0.2, 0.25) is 0 Å². The summed E-state index contributed by atoms with van der Waals surface area (Å²) >= 11 is 1.87. The number of allylic oxidation sites excluding steroid dienone is 8. The van der Waals surface area contributed by atoms with Gasteiger partial charge in [-0.3, -0.25) is 0 Å². The van der Waals surface area contributed by atoms with E-state index in [4.69, 9.17) is 4.98 Å². The SMILES string of the molecule is CC/C=C\C=C(/C)C(C)C/C=C1\CCCCC\C1=C(/C)CCC(C)C.CCC(C)CC(CC)c1nc2ccccc2s1. The standard InChI is InChI=1S/C25H42.C15H21NS/c1-7-8-10-13-21(4)22(5)18-19-24-14-11-9-12-15-25(24)23(6)17-16-20(2)3;1-4-11(3)10-12(5-2)15-16-13-8-6-7-9-14(13)17-15/h8,10,13,19-20,22H,7,9,11-12,14-18H2,1-6H3;6-9,11-12H,4-5,10H2,1-3H3/b10-8-,21-13+,24-19+,25-23-;. The van der Waals surface area contributed by atoms with E-state index in [1.165, 1.54) is 85.9 Å². The van der Waals surface area contributed by atoms with Crippen LogP contribution < -0.4 is 0 Å². The molecule has 0 radical (unpaired) electrons. The number of hydrogen-bond acceptors (Lipinski definition) is 2. The van der Waals surface area contributed by atoms with Gasteiger partial charge < -0.3 is 0 Å². The minimum absolute atomic E-state index is 0.634. The zero-order valence-corrected chi connectivity index (χ0v) is 29.6. The molecule has 3 atom stereocenters. The molecule has 0 spiro atoms. The quantitative estimate of drug-likeness (QED) is 0.167. The molecule has 0 N–H and O–H groups in total. The highest BCUT2D eigenvalue weighted by molar-refractivity contribution is 7.18. The van der Waals surface area contributed by atoms with Crippen molar-refractivity contribution >= 4 is 21.6 Å². The van der Waals surface area contributed by atoms with Crippen LogP contribution in [0.15, 0.2) is 70.9 Å². The molecule has 0 amide bonds. The van der Waals surface area contributed by atoms with Crippen LogP contribution in [0.2, 0.25) is 0 Å². The van der Waals surface area contributed by atoms with Crippen LogP contribution in [0.3, 0.4) is 0 Å². The number of nitrogens with zero attached hydrogens (tertiary/aromatic N) is 1. The molecule has 2 aromatic rings. The molecule has 1 fully saturated rings. The average molecular weight is 590 g/mol. The highest BCUT2D eigenvalue weighted by Gasteiger charge is 2.17. The highest BCUT2D eigenvalue weighted by atomic mass is 32.1. The van der Waals surface area contributed by atoms with E-state index < -0.39 is 0 Å². The zero-order chi connectivity index (χ0) is 30.9. The molecular formula is C40H63NS. The Morgan fingerprint density at radius 2 is 1.69 bits per heavy atom. The van der Waals surface area contributed by atoms with Crippen LogP contribution in [0.25, 0.3) is 10.2 Å². The van der Waals surface area contributed by atoms with Crippen molar-refractivity contribution in [3.05, 3.63) is 75.9 Å². The molecule has 0 bridgehead atoms. The molecule has 42 heavy (non-hydrogen) atoms. The second-order valence-corrected chi connectivity index (χ2v) is 14.3. The van der Waals surface area contributed by atoms with E-state index in [-0.39, 0.29) is 0 Å². The number of para-hydroxylation sites is 1. The van der Waals surface area contributed by atoms with Crippen LogP contribution in [0.1, 0.15) is 150 Å². The summed E-state index contributed by atoms with van der Waals surface area (Å²) in [4.78, 5) is 4.79. The Bertz CT molecular complexity index is 1120. The lowest BCUT2D eigenvalue weighted by molar-refractivity contribution is 0.446. The lowest BCUT2D eigenvalue weighted by Gasteiger charge is -2.16. The van der Waals surface area contributed by atoms with Crippen molar-refractivity contribution in [1.82, 2.24) is 4.98 Å². The second kappa shape index (κ2) is 20.1. The molecule has 3 rings (SSSR count). The van der Waals surface area contributed by atoms with Crippen molar-refractivity contribution in [3.8, 4) is 0 Å². The first kappa shape index (κ1) is 36.3. The molecule has 1 aromatic carbocycles. The molecule has 1 heterocycles. The first-order valence-electron chi connectivity index (χ1n) is 17.3. The number of rotatable bonds is 13. The van der Waals surface area contributed by atoms with Gasteiger partial charge in [0, 0.05) is 5.92 Å². The predicted octanol–water partition coefficient (Wildman–Crippen LogP) is 13.8. The fourth-order valence-corrected chi connectivity index (χ4v) is 6.82. The summed E-state index contributed by atoms with van der Waals surface area (Å²) in [5.41, 5.74) is 7.69. The van der Waals surface area contributed by atoms with E-state index in [0.29, 0.717) is 11.8 Å². The van der Waals surface area contributed by atoms with E-state index in [1.807, 2.05) is 11.3 Å². The molecule has 3 unspecified atom stereocenters. The first-order chi connectivity index (χ1) is 20.2. The Balaban J connectivity index is 0.000000314. The van der Waals surface area contributed by atoms with Crippen molar-refractivity contribution in [2.24, 2.45) is 17.8 Å². The molecule has 234 valence electrons. The Hall–Kier alpha value is -1.93. The van der Waals surface area contributed by atoms with Gasteiger partial charge in [-0.05, 0) is 119 Å². The second-order valence-electron chi connectivity index (χ2n) is 13.2. The van der Waals surface area contributed by atoms with Gasteiger partial charge in [-0.25, -0.2) is 4.98 Å². The van der Waals surface area contributed by atoms with Gasteiger partial charge in [0.05, 0.1) is 15.2 Å². The molecule has 0 saturated heterocycles. The zero-order valence-electron chi connectivity index (χ0n) is 28.8. The van der Waals surface area contributed by atoms with Crippen LogP contribution in [0, 0.1) is 17.8 Å². The fourth-order valence-electron chi connectivity index (χ4n) is 5.66. The number of hydrogen-bond donors (Lipinski definition) is 0. The maximum absolute atomic E-state index is 4.79. The molecule has 1 saturated carbocycles. The lowest BCUT2D eigenvalue weighted by Crippen LogP contribution is -2.03. The van der Waals surface area contributed by atoms with Crippen LogP contribution in [0.4, 0.5) is 0 Å². The summed E-state index contributed by atoms with van der Waals surface area (Å²) in [5, 5.41) is 1.33. The summed E-state index contributed by atoms with van der Waals surface area (Å²) in [6, 6.07) is 8.46. The van der Waals surface area contributed by atoms with Crippen molar-refractivity contribution in [2.75, 3.05) is 0 Å². The van der Waals surface area contributed by atoms with Gasteiger partial charge in [-0.1, -0.05) is 109 Å². The first-order valence-corrected chi connectivity index (χ1v) is 18.1. The van der Waals surface area contributed by atoms with Crippen LogP contribution in [-0.4, -0.2) is 4.98 Å². The summed E-state index contributed by atoms with van der Waals surface area (Å²) in [7, 11) is 0. The summed E-state index contributed by atoms with van der Waals surface area (Å²) in [6.07, 6.45) is 24.7. The molecule has 1 aliphatic carbocycles. The maximum atomic E-state index is 4.79. The average Bonchev–Trinajstić information content (AvgIpc) is 3.28. The van der Waals surface area contributed by atoms with Gasteiger partial charge in [0.25, 0.3) is 0 Å². The number of thiazole rings is 1. The smallest absolute Gasteiger partial charge is 0.0969 e. The van der Waals surface area contributed by atoms with Gasteiger partial charge in [-0.15, -0.1) is 11.3 Å². The number of aromatic nitrogens is 1. The minimum Gasteiger partial charge on any atom is -0.241 e. The van der Waals surface area contributed by atoms with E-state index in [9.17, 15) is 0 Å². The van der Waals surface area contributed by atoms with Gasteiger partial charge >= 0.3 is 0 Å². The topological polar surface area (TPSA) is 12.9 Å². The van der Waals surface area contributed by atoms with Crippen molar-refractivity contribution in [1.29, 1.82) is 0 Å². The van der Waals surface area contributed by atoms with Crippen LogP contribution >= 0.6 is 11.3 Å². The molecule has 1 aliphatic rings. The third-order valence-electron chi connectivity index (χ3n) is 9.13. The maximum Gasteiger partial charge on any atom is 0.0969 e. The minimum atomic E-state index is 0.634. The third kappa shape index (κ3) is 12.7. The van der Waals surface area contributed by atoms with Crippen molar-refractivity contribution < 1.29 is 0 Å². The predicted molar refractivity (Wildman–Crippen MR) is 192 cm³/mol. The largest absolute Gasteiger partial charge is 0.241 e. The van der Waals surface area contributed by atoms with E-state index in [0.717, 1.165) is 23.8 Å². The van der Waals surface area contributed by atoms with E-state index >= 15 is 0 Å². The molecule has 0 aliphatic heterocycles. The Labute approximate surface area is 264 Å². The highest BCUT2D eigenvalue weighted by Crippen LogP contribution is 2.34. The van der Waals surface area contributed by atoms with Gasteiger partial charge in [0.1, 0.15) is 0 Å². The molecule has 1 aromatic heterocycles. The molecule has 2 heteroatoms. The Morgan fingerprint density at radius 1 is 0.952 bits per heavy atom. The van der Waals surface area contributed by atoms with Gasteiger partial charge in [-0.2, -0.15) is 0 Å². The van der Waals surface area contributed by atoms with Gasteiger partial charge in [0.15, 0.2) is 0 Å². The van der Waals surface area contributed by atoms with Crippen molar-refractivity contribution in [2.45, 2.75) is 145 Å². The number of benzene rings is 1. The fraction of sp³-hybridized carbons (Fsp3) is 0.625. The summed E-state index contributed by atoms with van der Waals surface area (Å²) < 4.78 is 1.32. The lowest BCUT2D eigenvalue weighted by atomic mass is 9.90. The Kier molecular flexibility index (Phi) is 17.4. The number of fused-ring (bicyclic) bond motifs is 1. The van der Waals surface area contributed by atoms with E-state index in [2.05, 4.69) is 111 Å². The molecular weight excluding hydrogens is 527 g/mol. The summed E-state index contributed by atoms with van der Waals surface area (Å²) in [6.45, 7) is 20.8. The van der Waals surface area contributed by atoms with Crippen molar-refractivity contribution in [3.63, 3.8) is 0 Å². The van der Waals surface area contributed by atoms with Crippen LogP contribution in [0.5, 0.6) is 0 Å². The van der Waals surface area contributed by atoms with Crippen LogP contribution in [-0.2, 0) is 0 Å². The summed E-state index contributed by atoms with van der Waals surface area (Å²) in [5.74, 6) is 2.88. The molecule has 1 nitrogen and oxygen atoms in total. The van der Waals surface area contributed by atoms with E-state index in [1.54, 1.807) is 16.7 Å².